The molecule has 0 fully saturated rings. The largest absolute Gasteiger partial charge is 0.383 e. The van der Waals surface area contributed by atoms with Crippen LogP contribution in [0.3, 0.4) is 0 Å². The average molecular weight is 283 g/mol. The summed E-state index contributed by atoms with van der Waals surface area (Å²) in [6.07, 6.45) is 2.24. The third kappa shape index (κ3) is 6.03. The van der Waals surface area contributed by atoms with Crippen LogP contribution in [0.25, 0.3) is 0 Å². The molecule has 1 atom stereocenters. The summed E-state index contributed by atoms with van der Waals surface area (Å²) < 4.78 is 10.6. The third-order valence-electron chi connectivity index (χ3n) is 3.50. The van der Waals surface area contributed by atoms with Crippen LogP contribution in [-0.4, -0.2) is 42.9 Å². The van der Waals surface area contributed by atoms with E-state index in [-0.39, 0.29) is 0 Å². The van der Waals surface area contributed by atoms with Crippen molar-refractivity contribution in [2.75, 3.05) is 26.8 Å². The van der Waals surface area contributed by atoms with Crippen molar-refractivity contribution < 1.29 is 9.26 Å². The zero-order valence-electron chi connectivity index (χ0n) is 13.3. The average Bonchev–Trinajstić information content (AvgIpc) is 2.90. The van der Waals surface area contributed by atoms with Gasteiger partial charge in [0.2, 0.25) is 0 Å². The quantitative estimate of drug-likeness (QED) is 0.632. The van der Waals surface area contributed by atoms with Crippen LogP contribution < -0.4 is 5.32 Å². The fraction of sp³-hybridized carbons (Fsp3) is 0.800. The van der Waals surface area contributed by atoms with Gasteiger partial charge in [-0.1, -0.05) is 19.0 Å². The molecule has 0 bridgehead atoms. The highest BCUT2D eigenvalue weighted by Gasteiger charge is 2.15. The van der Waals surface area contributed by atoms with E-state index in [0.29, 0.717) is 6.04 Å². The summed E-state index contributed by atoms with van der Waals surface area (Å²) in [5.41, 5.74) is 0.976. The van der Waals surface area contributed by atoms with Gasteiger partial charge in [0.15, 0.2) is 5.76 Å². The maximum Gasteiger partial charge on any atom is 0.151 e. The lowest BCUT2D eigenvalue weighted by molar-refractivity contribution is 0.110. The molecule has 1 aromatic rings. The monoisotopic (exact) mass is 283 g/mol. The molecule has 20 heavy (non-hydrogen) atoms. The number of hydrogen-bond acceptors (Lipinski definition) is 5. The van der Waals surface area contributed by atoms with Gasteiger partial charge in [-0.3, -0.25) is 4.90 Å². The molecule has 0 saturated carbocycles. The molecule has 0 radical (unpaired) electrons. The normalized spacial score (nSPS) is 13.1. The van der Waals surface area contributed by atoms with Gasteiger partial charge in [0.25, 0.3) is 0 Å². The van der Waals surface area contributed by atoms with Crippen LogP contribution in [0.5, 0.6) is 0 Å². The molecule has 1 heterocycles. The molecule has 0 amide bonds. The molecule has 116 valence electrons. The molecule has 1 unspecified atom stereocenters. The van der Waals surface area contributed by atoms with Crippen molar-refractivity contribution >= 4 is 0 Å². The molecule has 5 nitrogen and oxygen atoms in total. The molecule has 0 aromatic carbocycles. The van der Waals surface area contributed by atoms with E-state index in [0.717, 1.165) is 57.1 Å². The lowest BCUT2D eigenvalue weighted by atomic mass is 10.2. The van der Waals surface area contributed by atoms with Crippen molar-refractivity contribution in [3.63, 3.8) is 0 Å². The fourth-order valence-corrected chi connectivity index (χ4v) is 2.03. The highest BCUT2D eigenvalue weighted by molar-refractivity contribution is 5.05. The molecule has 0 spiro atoms. The van der Waals surface area contributed by atoms with Gasteiger partial charge in [0, 0.05) is 32.3 Å². The van der Waals surface area contributed by atoms with E-state index in [1.54, 1.807) is 7.11 Å². The minimum atomic E-state index is 0.511. The lowest BCUT2D eigenvalue weighted by Crippen LogP contribution is -2.34. The van der Waals surface area contributed by atoms with E-state index in [1.165, 1.54) is 0 Å². The van der Waals surface area contributed by atoms with Crippen LogP contribution >= 0.6 is 0 Å². The van der Waals surface area contributed by atoms with E-state index in [2.05, 4.69) is 36.1 Å². The number of nitrogens with one attached hydrogen (secondary N) is 1. The first-order valence-electron chi connectivity index (χ1n) is 7.59. The van der Waals surface area contributed by atoms with Gasteiger partial charge >= 0.3 is 0 Å². The summed E-state index contributed by atoms with van der Waals surface area (Å²) in [7, 11) is 1.74. The summed E-state index contributed by atoms with van der Waals surface area (Å²) in [4.78, 5) is 2.37. The first-order chi connectivity index (χ1) is 9.71. The minimum absolute atomic E-state index is 0.511. The molecule has 0 aliphatic rings. The van der Waals surface area contributed by atoms with E-state index >= 15 is 0 Å². The highest BCUT2D eigenvalue weighted by Crippen LogP contribution is 2.12. The summed E-state index contributed by atoms with van der Waals surface area (Å²) in [6.45, 7) is 10.8. The molecule has 0 aliphatic carbocycles. The fourth-order valence-electron chi connectivity index (χ4n) is 2.03. The second-order valence-electron chi connectivity index (χ2n) is 5.18. The molecular weight excluding hydrogens is 254 g/mol. The molecular formula is C15H29N3O2. The Hall–Kier alpha value is -0.910. The molecule has 0 saturated heterocycles. The molecule has 0 aliphatic heterocycles. The Morgan fingerprint density at radius 1 is 1.45 bits per heavy atom. The Labute approximate surface area is 122 Å². The van der Waals surface area contributed by atoms with Crippen molar-refractivity contribution in [3.8, 4) is 0 Å². The number of methoxy groups -OCH3 is 1. The predicted molar refractivity (Wildman–Crippen MR) is 80.5 cm³/mol. The Morgan fingerprint density at radius 2 is 2.25 bits per heavy atom. The SMILES string of the molecule is CCCNCc1cc(CN(CCOC)C(C)CC)on1. The number of nitrogens with zero attached hydrogens (tertiary/aromatic N) is 2. The van der Waals surface area contributed by atoms with Gasteiger partial charge in [-0.25, -0.2) is 0 Å². The van der Waals surface area contributed by atoms with Crippen LogP contribution in [0, 0.1) is 0 Å². The lowest BCUT2D eigenvalue weighted by Gasteiger charge is -2.26. The summed E-state index contributed by atoms with van der Waals surface area (Å²) in [5.74, 6) is 0.926. The molecule has 1 aromatic heterocycles. The minimum Gasteiger partial charge on any atom is -0.383 e. The maximum absolute atomic E-state index is 5.43. The van der Waals surface area contributed by atoms with Crippen LogP contribution in [0.2, 0.25) is 0 Å². The van der Waals surface area contributed by atoms with Gasteiger partial charge in [-0.15, -0.1) is 0 Å². The van der Waals surface area contributed by atoms with Gasteiger partial charge in [0.05, 0.1) is 18.8 Å². The van der Waals surface area contributed by atoms with Crippen molar-refractivity contribution in [2.45, 2.75) is 52.7 Å². The highest BCUT2D eigenvalue weighted by atomic mass is 16.5. The second-order valence-corrected chi connectivity index (χ2v) is 5.18. The van der Waals surface area contributed by atoms with E-state index in [4.69, 9.17) is 9.26 Å². The topological polar surface area (TPSA) is 50.5 Å². The third-order valence-corrected chi connectivity index (χ3v) is 3.50. The van der Waals surface area contributed by atoms with Crippen molar-refractivity contribution in [1.29, 1.82) is 0 Å². The van der Waals surface area contributed by atoms with Gasteiger partial charge in [-0.2, -0.15) is 0 Å². The maximum atomic E-state index is 5.43. The Kier molecular flexibility index (Phi) is 8.49. The van der Waals surface area contributed by atoms with Gasteiger partial charge < -0.3 is 14.6 Å². The number of aromatic nitrogens is 1. The van der Waals surface area contributed by atoms with Crippen LogP contribution in [0.1, 0.15) is 45.1 Å². The van der Waals surface area contributed by atoms with Crippen molar-refractivity contribution in [2.24, 2.45) is 0 Å². The smallest absolute Gasteiger partial charge is 0.151 e. The van der Waals surface area contributed by atoms with Crippen molar-refractivity contribution in [1.82, 2.24) is 15.4 Å². The number of rotatable bonds is 11. The van der Waals surface area contributed by atoms with Gasteiger partial charge in [0.1, 0.15) is 0 Å². The number of ether oxygens (including phenoxy) is 1. The van der Waals surface area contributed by atoms with Crippen LogP contribution in [0.15, 0.2) is 10.6 Å². The van der Waals surface area contributed by atoms with E-state index in [1.807, 2.05) is 6.07 Å². The first-order valence-corrected chi connectivity index (χ1v) is 7.59. The molecule has 1 rings (SSSR count). The summed E-state index contributed by atoms with van der Waals surface area (Å²) in [5, 5.41) is 7.44. The van der Waals surface area contributed by atoms with Gasteiger partial charge in [-0.05, 0) is 26.3 Å². The molecule has 5 heteroatoms. The van der Waals surface area contributed by atoms with Crippen LogP contribution in [-0.2, 0) is 17.8 Å². The molecule has 1 N–H and O–H groups in total. The predicted octanol–water partition coefficient (Wildman–Crippen LogP) is 2.42. The number of hydrogen-bond donors (Lipinski definition) is 1. The van der Waals surface area contributed by atoms with E-state index < -0.39 is 0 Å². The second kappa shape index (κ2) is 9.91. The Morgan fingerprint density at radius 3 is 2.90 bits per heavy atom. The zero-order chi connectivity index (χ0) is 14.8. The summed E-state index contributed by atoms with van der Waals surface area (Å²) in [6, 6.07) is 2.56. The Balaban J connectivity index is 2.50. The standard InChI is InChI=1S/C15H29N3O2/c1-5-7-16-11-14-10-15(20-17-14)12-18(8-9-19-4)13(3)6-2/h10,13,16H,5-9,11-12H2,1-4H3. The van der Waals surface area contributed by atoms with Crippen LogP contribution in [0.4, 0.5) is 0 Å². The van der Waals surface area contributed by atoms with Crippen molar-refractivity contribution in [3.05, 3.63) is 17.5 Å². The summed E-state index contributed by atoms with van der Waals surface area (Å²) >= 11 is 0. The van der Waals surface area contributed by atoms with E-state index in [9.17, 15) is 0 Å². The zero-order valence-corrected chi connectivity index (χ0v) is 13.3. The Bertz CT molecular complexity index is 355. The first kappa shape index (κ1) is 17.1.